The average Bonchev–Trinajstić information content (AvgIpc) is 3.62. The van der Waals surface area contributed by atoms with Crippen LogP contribution in [0.5, 0.6) is 5.75 Å². The molecule has 4 nitrogen and oxygen atoms in total. The van der Waals surface area contributed by atoms with Crippen LogP contribution in [0.2, 0.25) is 0 Å². The maximum absolute atomic E-state index is 6.44. The molecule has 0 N–H and O–H groups in total. The van der Waals surface area contributed by atoms with E-state index in [1.165, 1.54) is 43.6 Å². The largest absolute Gasteiger partial charge is 0.467 e. The summed E-state index contributed by atoms with van der Waals surface area (Å²) in [6, 6.07) is 41.1. The van der Waals surface area contributed by atoms with Crippen LogP contribution in [0.3, 0.4) is 0 Å². The van der Waals surface area contributed by atoms with Crippen LogP contribution < -0.4 is 4.74 Å². The topological polar surface area (TPSA) is 31.4 Å². The highest BCUT2D eigenvalue weighted by molar-refractivity contribution is 6.16. The SMILES string of the molecule is CC12C=C(n3c4ccccc4c4ccccc43)C=NC1Oc1ccc(-n3c4ccccc4c4ccccc43)cc12. The summed E-state index contributed by atoms with van der Waals surface area (Å²) in [5.41, 5.74) is 7.70. The summed E-state index contributed by atoms with van der Waals surface area (Å²) in [6.45, 7) is 2.25. The van der Waals surface area contributed by atoms with Crippen molar-refractivity contribution in [3.05, 3.63) is 127 Å². The third-order valence-corrected chi connectivity index (χ3v) is 8.76. The molecule has 0 amide bonds. The van der Waals surface area contributed by atoms with Gasteiger partial charge < -0.3 is 13.9 Å². The van der Waals surface area contributed by atoms with Crippen LogP contribution in [0.15, 0.2) is 126 Å². The van der Waals surface area contributed by atoms with Crippen molar-refractivity contribution in [2.45, 2.75) is 18.6 Å². The molecule has 2 aliphatic rings. The number of aromatic nitrogens is 2. The zero-order chi connectivity index (χ0) is 26.4. The summed E-state index contributed by atoms with van der Waals surface area (Å²) in [5, 5.41) is 5.01. The number of aliphatic imine (C=N–C) groups is 1. The molecule has 2 unspecified atom stereocenters. The van der Waals surface area contributed by atoms with Gasteiger partial charge in [-0.2, -0.15) is 0 Å². The molecule has 4 heterocycles. The molecule has 7 aromatic rings. The van der Waals surface area contributed by atoms with Gasteiger partial charge in [-0.25, -0.2) is 4.99 Å². The van der Waals surface area contributed by atoms with Gasteiger partial charge in [-0.15, -0.1) is 0 Å². The normalized spacial score (nSPS) is 19.7. The summed E-state index contributed by atoms with van der Waals surface area (Å²) >= 11 is 0. The Hall–Kier alpha value is -5.09. The van der Waals surface area contributed by atoms with Gasteiger partial charge >= 0.3 is 0 Å². The number of benzene rings is 5. The van der Waals surface area contributed by atoms with E-state index in [0.29, 0.717) is 0 Å². The quantitative estimate of drug-likeness (QED) is 0.227. The Morgan fingerprint density at radius 3 is 1.68 bits per heavy atom. The van der Waals surface area contributed by atoms with Crippen molar-refractivity contribution in [1.82, 2.24) is 9.13 Å². The van der Waals surface area contributed by atoms with Gasteiger partial charge in [0.2, 0.25) is 6.23 Å². The molecule has 0 saturated carbocycles. The average molecular weight is 516 g/mol. The van der Waals surface area contributed by atoms with Gasteiger partial charge in [0, 0.05) is 39.0 Å². The van der Waals surface area contributed by atoms with Crippen LogP contribution in [-0.2, 0) is 5.41 Å². The van der Waals surface area contributed by atoms with Crippen molar-refractivity contribution in [1.29, 1.82) is 0 Å². The zero-order valence-electron chi connectivity index (χ0n) is 22.0. The summed E-state index contributed by atoms with van der Waals surface area (Å²) in [5.74, 6) is 0.897. The van der Waals surface area contributed by atoms with Gasteiger partial charge in [-0.05, 0) is 55.5 Å². The lowest BCUT2D eigenvalue weighted by atomic mass is 9.80. The first kappa shape index (κ1) is 21.8. The van der Waals surface area contributed by atoms with Crippen molar-refractivity contribution in [2.24, 2.45) is 4.99 Å². The molecule has 0 spiro atoms. The predicted molar refractivity (Wildman–Crippen MR) is 165 cm³/mol. The Kier molecular flexibility index (Phi) is 4.22. The minimum absolute atomic E-state index is 0.298. The van der Waals surface area contributed by atoms with Gasteiger partial charge in [-0.1, -0.05) is 72.8 Å². The molecule has 9 rings (SSSR count). The monoisotopic (exact) mass is 515 g/mol. The number of para-hydroxylation sites is 4. The first-order chi connectivity index (χ1) is 19.7. The van der Waals surface area contributed by atoms with Crippen LogP contribution in [0.4, 0.5) is 0 Å². The highest BCUT2D eigenvalue weighted by atomic mass is 16.5. The van der Waals surface area contributed by atoms with Crippen molar-refractivity contribution < 1.29 is 4.74 Å². The lowest BCUT2D eigenvalue weighted by molar-refractivity contribution is 0.190. The first-order valence-corrected chi connectivity index (χ1v) is 13.8. The second kappa shape index (κ2) is 7.73. The number of ether oxygens (including phenoxy) is 1. The minimum atomic E-state index is -0.416. The molecular weight excluding hydrogens is 490 g/mol. The van der Waals surface area contributed by atoms with Crippen molar-refractivity contribution in [3.8, 4) is 11.4 Å². The second-order valence-corrected chi connectivity index (χ2v) is 11.0. The molecule has 40 heavy (non-hydrogen) atoms. The van der Waals surface area contributed by atoms with E-state index in [1.54, 1.807) is 0 Å². The standard InChI is InChI=1S/C36H25N3O/c1-36-21-24(39-32-16-8-4-12-27(32)28-13-5-9-17-33(28)39)22-37-35(36)40-34-19-18-23(20-29(34)36)38-30-14-6-2-10-25(30)26-11-3-7-15-31(26)38/h2-22,35H,1H3. The molecule has 2 aromatic heterocycles. The number of rotatable bonds is 2. The van der Waals surface area contributed by atoms with Crippen LogP contribution >= 0.6 is 0 Å². The highest BCUT2D eigenvalue weighted by Gasteiger charge is 2.46. The lowest BCUT2D eigenvalue weighted by Crippen LogP contribution is -2.35. The van der Waals surface area contributed by atoms with Crippen molar-refractivity contribution in [3.63, 3.8) is 0 Å². The van der Waals surface area contributed by atoms with E-state index in [4.69, 9.17) is 9.73 Å². The van der Waals surface area contributed by atoms with E-state index >= 15 is 0 Å². The maximum atomic E-state index is 6.44. The van der Waals surface area contributed by atoms with E-state index in [1.807, 2.05) is 6.21 Å². The fourth-order valence-corrected chi connectivity index (χ4v) is 6.90. The zero-order valence-corrected chi connectivity index (χ0v) is 22.0. The van der Waals surface area contributed by atoms with Crippen LogP contribution in [-0.4, -0.2) is 21.6 Å². The van der Waals surface area contributed by atoms with Crippen LogP contribution in [0.1, 0.15) is 12.5 Å². The number of allylic oxidation sites excluding steroid dienone is 1. The molecule has 4 heteroatoms. The van der Waals surface area contributed by atoms with E-state index in [2.05, 4.69) is 137 Å². The molecule has 5 aromatic carbocycles. The van der Waals surface area contributed by atoms with E-state index < -0.39 is 5.41 Å². The predicted octanol–water partition coefficient (Wildman–Crippen LogP) is 8.49. The smallest absolute Gasteiger partial charge is 0.202 e. The summed E-state index contributed by atoms with van der Waals surface area (Å²) < 4.78 is 11.1. The lowest BCUT2D eigenvalue weighted by Gasteiger charge is -2.29. The number of hydrogen-bond acceptors (Lipinski definition) is 2. The highest BCUT2D eigenvalue weighted by Crippen LogP contribution is 2.48. The minimum Gasteiger partial charge on any atom is -0.467 e. The molecule has 2 atom stereocenters. The first-order valence-electron chi connectivity index (χ1n) is 13.8. The van der Waals surface area contributed by atoms with Gasteiger partial charge in [0.05, 0.1) is 33.2 Å². The Labute approximate surface area is 231 Å². The summed E-state index contributed by atoms with van der Waals surface area (Å²) in [4.78, 5) is 4.98. The third-order valence-electron chi connectivity index (χ3n) is 8.76. The molecular formula is C36H25N3O. The fourth-order valence-electron chi connectivity index (χ4n) is 6.90. The molecule has 0 aliphatic carbocycles. The number of nitrogens with zero attached hydrogens (tertiary/aromatic N) is 3. The number of dihydropyridines is 1. The second-order valence-electron chi connectivity index (χ2n) is 11.0. The number of fused-ring (bicyclic) bond motifs is 9. The van der Waals surface area contributed by atoms with E-state index in [0.717, 1.165) is 22.7 Å². The van der Waals surface area contributed by atoms with Crippen LogP contribution in [0.25, 0.3) is 55.0 Å². The maximum Gasteiger partial charge on any atom is 0.202 e. The van der Waals surface area contributed by atoms with Gasteiger partial charge in [0.1, 0.15) is 5.75 Å². The van der Waals surface area contributed by atoms with Gasteiger partial charge in [-0.3, -0.25) is 0 Å². The Morgan fingerprint density at radius 1 is 0.625 bits per heavy atom. The van der Waals surface area contributed by atoms with Crippen LogP contribution in [0, 0.1) is 0 Å². The number of hydrogen-bond donors (Lipinski definition) is 0. The van der Waals surface area contributed by atoms with Crippen molar-refractivity contribution in [2.75, 3.05) is 0 Å². The van der Waals surface area contributed by atoms with E-state index in [9.17, 15) is 0 Å². The summed E-state index contributed by atoms with van der Waals surface area (Å²) in [6.07, 6.45) is 4.03. The molecule has 0 radical (unpaired) electrons. The van der Waals surface area contributed by atoms with Gasteiger partial charge in [0.25, 0.3) is 0 Å². The Balaban J connectivity index is 1.26. The third kappa shape index (κ3) is 2.77. The summed E-state index contributed by atoms with van der Waals surface area (Å²) in [7, 11) is 0. The van der Waals surface area contributed by atoms with Gasteiger partial charge in [0.15, 0.2) is 0 Å². The Morgan fingerprint density at radius 2 is 1.12 bits per heavy atom. The van der Waals surface area contributed by atoms with E-state index in [-0.39, 0.29) is 6.23 Å². The molecule has 2 aliphatic heterocycles. The Bertz CT molecular complexity index is 2120. The molecule has 0 saturated heterocycles. The molecule has 0 bridgehead atoms. The van der Waals surface area contributed by atoms with Crippen molar-refractivity contribution >= 4 is 55.5 Å². The fraction of sp³-hybridized carbons (Fsp3) is 0.0833. The molecule has 190 valence electrons. The molecule has 0 fully saturated rings.